The number of carbonyl (C=O) groups is 3. The maximum absolute atomic E-state index is 12.6. The van der Waals surface area contributed by atoms with Crippen LogP contribution in [0.3, 0.4) is 0 Å². The van der Waals surface area contributed by atoms with E-state index < -0.39 is 17.4 Å². The summed E-state index contributed by atoms with van der Waals surface area (Å²) in [5.41, 5.74) is -0.527. The summed E-state index contributed by atoms with van der Waals surface area (Å²) in [5, 5.41) is 0. The largest absolute Gasteiger partial charge is 0.465 e. The highest BCUT2D eigenvalue weighted by atomic mass is 16.6. The lowest BCUT2D eigenvalue weighted by Gasteiger charge is -2.27. The third kappa shape index (κ3) is 5.32. The molecule has 0 N–H and O–H groups in total. The van der Waals surface area contributed by atoms with Crippen molar-refractivity contribution in [3.63, 3.8) is 0 Å². The van der Waals surface area contributed by atoms with Gasteiger partial charge < -0.3 is 9.47 Å². The molecule has 0 fully saturated rings. The lowest BCUT2D eigenvalue weighted by atomic mass is 9.80. The summed E-state index contributed by atoms with van der Waals surface area (Å²) >= 11 is 0. The van der Waals surface area contributed by atoms with Crippen LogP contribution in [0, 0.1) is 17.3 Å². The normalized spacial score (nSPS) is 10.2. The van der Waals surface area contributed by atoms with Gasteiger partial charge in [0.1, 0.15) is 0 Å². The first-order chi connectivity index (χ1) is 12.6. The SMILES string of the molecule is C=CCCC(CC#Cc1ccccc1C=O)(C(=O)OCC)C(=O)OCC. The summed E-state index contributed by atoms with van der Waals surface area (Å²) in [7, 11) is 0. The molecule has 0 aromatic heterocycles. The Labute approximate surface area is 154 Å². The molecule has 0 aliphatic heterocycles. The van der Waals surface area contributed by atoms with Gasteiger partial charge in [-0.3, -0.25) is 14.4 Å². The molecular formula is C21H24O5. The van der Waals surface area contributed by atoms with Crippen LogP contribution in [0.25, 0.3) is 0 Å². The fourth-order valence-corrected chi connectivity index (χ4v) is 2.41. The van der Waals surface area contributed by atoms with Gasteiger partial charge in [-0.2, -0.15) is 0 Å². The molecule has 1 aromatic carbocycles. The maximum atomic E-state index is 12.6. The van der Waals surface area contributed by atoms with Gasteiger partial charge in [-0.1, -0.05) is 36.1 Å². The molecule has 0 aliphatic rings. The Balaban J connectivity index is 3.24. The Morgan fingerprint density at radius 1 is 1.15 bits per heavy atom. The second-order valence-electron chi connectivity index (χ2n) is 5.53. The number of allylic oxidation sites excluding steroid dienone is 1. The Morgan fingerprint density at radius 3 is 2.31 bits per heavy atom. The zero-order valence-corrected chi connectivity index (χ0v) is 15.2. The van der Waals surface area contributed by atoms with Crippen LogP contribution in [0.15, 0.2) is 36.9 Å². The zero-order valence-electron chi connectivity index (χ0n) is 15.2. The van der Waals surface area contributed by atoms with E-state index in [4.69, 9.17) is 9.47 Å². The Kier molecular flexibility index (Phi) is 8.86. The molecule has 0 radical (unpaired) electrons. The summed E-state index contributed by atoms with van der Waals surface area (Å²) in [6, 6.07) is 6.86. The summed E-state index contributed by atoms with van der Waals surface area (Å²) in [6.07, 6.45) is 2.90. The number of rotatable bonds is 9. The van der Waals surface area contributed by atoms with Crippen LogP contribution in [0.1, 0.15) is 49.0 Å². The predicted molar refractivity (Wildman–Crippen MR) is 98.5 cm³/mol. The number of ether oxygens (including phenoxy) is 2. The molecule has 0 aliphatic carbocycles. The predicted octanol–water partition coefficient (Wildman–Crippen LogP) is 3.32. The summed E-state index contributed by atoms with van der Waals surface area (Å²) in [6.45, 7) is 7.29. The van der Waals surface area contributed by atoms with Crippen LogP contribution in [0.4, 0.5) is 0 Å². The number of carbonyl (C=O) groups excluding carboxylic acids is 3. The van der Waals surface area contributed by atoms with E-state index in [1.807, 2.05) is 0 Å². The van der Waals surface area contributed by atoms with Gasteiger partial charge in [0.25, 0.3) is 0 Å². The van der Waals surface area contributed by atoms with Crippen LogP contribution in [-0.2, 0) is 19.1 Å². The van der Waals surface area contributed by atoms with Gasteiger partial charge >= 0.3 is 11.9 Å². The van der Waals surface area contributed by atoms with Crippen LogP contribution in [-0.4, -0.2) is 31.4 Å². The van der Waals surface area contributed by atoms with Gasteiger partial charge in [0.2, 0.25) is 0 Å². The minimum Gasteiger partial charge on any atom is -0.465 e. The van der Waals surface area contributed by atoms with Crippen molar-refractivity contribution >= 4 is 18.2 Å². The molecule has 0 saturated carbocycles. The third-order valence-corrected chi connectivity index (χ3v) is 3.81. The molecule has 0 amide bonds. The monoisotopic (exact) mass is 356 g/mol. The van der Waals surface area contributed by atoms with Crippen molar-refractivity contribution in [1.29, 1.82) is 0 Å². The number of benzene rings is 1. The molecule has 5 heteroatoms. The Bertz CT molecular complexity index is 691. The molecule has 1 rings (SSSR count). The number of hydrogen-bond acceptors (Lipinski definition) is 5. The van der Waals surface area contributed by atoms with Gasteiger partial charge in [0, 0.05) is 17.5 Å². The minimum atomic E-state index is -1.51. The number of aldehydes is 1. The molecule has 26 heavy (non-hydrogen) atoms. The second-order valence-corrected chi connectivity index (χ2v) is 5.53. The van der Waals surface area contributed by atoms with Gasteiger partial charge in [0.05, 0.1) is 13.2 Å². The molecule has 0 saturated heterocycles. The van der Waals surface area contributed by atoms with E-state index in [1.54, 1.807) is 44.2 Å². The smallest absolute Gasteiger partial charge is 0.324 e. The molecule has 0 spiro atoms. The highest BCUT2D eigenvalue weighted by Crippen LogP contribution is 2.32. The van der Waals surface area contributed by atoms with Crippen molar-refractivity contribution in [2.24, 2.45) is 5.41 Å². The Morgan fingerprint density at radius 2 is 1.77 bits per heavy atom. The first kappa shape index (κ1) is 21.2. The zero-order chi connectivity index (χ0) is 19.4. The van der Waals surface area contributed by atoms with Crippen molar-refractivity contribution in [3.05, 3.63) is 48.0 Å². The van der Waals surface area contributed by atoms with Crippen LogP contribution in [0.2, 0.25) is 0 Å². The van der Waals surface area contributed by atoms with Crippen molar-refractivity contribution in [1.82, 2.24) is 0 Å². The molecule has 5 nitrogen and oxygen atoms in total. The van der Waals surface area contributed by atoms with E-state index in [-0.39, 0.29) is 26.1 Å². The number of esters is 2. The van der Waals surface area contributed by atoms with E-state index in [0.717, 1.165) is 0 Å². The highest BCUT2D eigenvalue weighted by molar-refractivity contribution is 6.00. The van der Waals surface area contributed by atoms with E-state index in [9.17, 15) is 14.4 Å². The van der Waals surface area contributed by atoms with Gasteiger partial charge in [-0.25, -0.2) is 0 Å². The summed E-state index contributed by atoms with van der Waals surface area (Å²) in [5.74, 6) is 4.42. The standard InChI is InChI=1S/C21H24O5/c1-4-7-14-21(19(23)25-5-2,20(24)26-6-3)15-10-13-17-11-8-9-12-18(17)16-22/h4,8-9,11-12,16H,1,5-7,14-15H2,2-3H3. The van der Waals surface area contributed by atoms with E-state index in [1.165, 1.54) is 0 Å². The van der Waals surface area contributed by atoms with Gasteiger partial charge in [-0.05, 0) is 32.8 Å². The van der Waals surface area contributed by atoms with E-state index in [2.05, 4.69) is 18.4 Å². The van der Waals surface area contributed by atoms with Crippen LogP contribution in [0.5, 0.6) is 0 Å². The molecule has 0 heterocycles. The Hall–Kier alpha value is -2.87. The van der Waals surface area contributed by atoms with E-state index >= 15 is 0 Å². The first-order valence-electron chi connectivity index (χ1n) is 8.54. The topological polar surface area (TPSA) is 69.7 Å². The maximum Gasteiger partial charge on any atom is 0.324 e. The van der Waals surface area contributed by atoms with Crippen LogP contribution < -0.4 is 0 Å². The average molecular weight is 356 g/mol. The highest BCUT2D eigenvalue weighted by Gasteiger charge is 2.47. The average Bonchev–Trinajstić information content (AvgIpc) is 2.65. The molecule has 1 aromatic rings. The fourth-order valence-electron chi connectivity index (χ4n) is 2.41. The minimum absolute atomic E-state index is 0.0638. The lowest BCUT2D eigenvalue weighted by Crippen LogP contribution is -2.42. The summed E-state index contributed by atoms with van der Waals surface area (Å²) in [4.78, 5) is 36.2. The van der Waals surface area contributed by atoms with Gasteiger partial charge in [-0.15, -0.1) is 6.58 Å². The third-order valence-electron chi connectivity index (χ3n) is 3.81. The quantitative estimate of drug-likeness (QED) is 0.223. The van der Waals surface area contributed by atoms with Crippen molar-refractivity contribution < 1.29 is 23.9 Å². The molecule has 0 unspecified atom stereocenters. The molecule has 0 atom stereocenters. The van der Waals surface area contributed by atoms with Crippen LogP contribution >= 0.6 is 0 Å². The van der Waals surface area contributed by atoms with E-state index in [0.29, 0.717) is 23.8 Å². The molecule has 0 bridgehead atoms. The van der Waals surface area contributed by atoms with Crippen molar-refractivity contribution in [3.8, 4) is 11.8 Å². The molecule has 138 valence electrons. The lowest BCUT2D eigenvalue weighted by molar-refractivity contribution is -0.172. The fraction of sp³-hybridized carbons (Fsp3) is 0.381. The van der Waals surface area contributed by atoms with Crippen molar-refractivity contribution in [2.75, 3.05) is 13.2 Å². The molecular weight excluding hydrogens is 332 g/mol. The van der Waals surface area contributed by atoms with Crippen molar-refractivity contribution in [2.45, 2.75) is 33.1 Å². The first-order valence-corrected chi connectivity index (χ1v) is 8.54. The summed E-state index contributed by atoms with van der Waals surface area (Å²) < 4.78 is 10.2. The number of hydrogen-bond donors (Lipinski definition) is 0. The van der Waals surface area contributed by atoms with Gasteiger partial charge in [0.15, 0.2) is 11.7 Å². The second kappa shape index (κ2) is 10.9.